The van der Waals surface area contributed by atoms with Crippen molar-refractivity contribution in [2.75, 3.05) is 0 Å². The lowest BCUT2D eigenvalue weighted by Crippen LogP contribution is -2.38. The molecule has 1 heteroatoms. The quantitative estimate of drug-likeness (QED) is 0.0604. The van der Waals surface area contributed by atoms with Crippen LogP contribution in [0.2, 0.25) is 0 Å². The average molecular weight is 1150 g/mol. The molecule has 2 atom stereocenters. The highest BCUT2D eigenvalue weighted by atomic mass is 14.7. The molecule has 0 aromatic rings. The van der Waals surface area contributed by atoms with E-state index in [0.29, 0.717) is 6.04 Å². The van der Waals surface area contributed by atoms with Gasteiger partial charge < -0.3 is 5.73 Å². The Balaban J connectivity index is 5.01. The molecule has 0 rings (SSSR count). The van der Waals surface area contributed by atoms with Gasteiger partial charge in [-0.25, -0.2) is 0 Å². The van der Waals surface area contributed by atoms with Crippen LogP contribution in [0.25, 0.3) is 0 Å². The van der Waals surface area contributed by atoms with Crippen molar-refractivity contribution < 1.29 is 0 Å². The first kappa shape index (κ1) is 82.0. The lowest BCUT2D eigenvalue weighted by molar-refractivity contribution is 0.237. The van der Waals surface area contributed by atoms with Crippen LogP contribution in [0.4, 0.5) is 0 Å². The zero-order valence-electron chi connectivity index (χ0n) is 58.6. The molecule has 0 aliphatic rings. The van der Waals surface area contributed by atoms with Crippen molar-refractivity contribution in [1.82, 2.24) is 0 Å². The summed E-state index contributed by atoms with van der Waals surface area (Å²) >= 11 is 0. The molecule has 0 fully saturated rings. The van der Waals surface area contributed by atoms with E-state index in [9.17, 15) is 0 Å². The monoisotopic (exact) mass is 1150 g/mol. The van der Waals surface area contributed by atoms with E-state index >= 15 is 0 Å². The van der Waals surface area contributed by atoms with Crippen LogP contribution >= 0.6 is 0 Å². The van der Waals surface area contributed by atoms with Gasteiger partial charge in [0.2, 0.25) is 0 Å². The van der Waals surface area contributed by atoms with Crippen LogP contribution in [-0.4, -0.2) is 6.04 Å². The molecule has 0 aliphatic heterocycles. The molecule has 82 heavy (non-hydrogen) atoms. The normalized spacial score (nSPS) is 13.0. The molecular weight excluding hydrogens is 987 g/mol. The maximum Gasteiger partial charge on any atom is 0.00956 e. The molecule has 494 valence electrons. The topological polar surface area (TPSA) is 26.0 Å². The fourth-order valence-corrected chi connectivity index (χ4v) is 14.3. The molecule has 1 nitrogen and oxygen atoms in total. The second-order valence-corrected chi connectivity index (χ2v) is 28.6. The van der Waals surface area contributed by atoms with Crippen molar-refractivity contribution in [1.29, 1.82) is 0 Å². The van der Waals surface area contributed by atoms with Crippen LogP contribution < -0.4 is 5.73 Å². The Morgan fingerprint density at radius 3 is 0.317 bits per heavy atom. The average Bonchev–Trinajstić information content (AvgIpc) is 3.49. The maximum absolute atomic E-state index is 7.66. The van der Waals surface area contributed by atoms with Crippen LogP contribution in [0.3, 0.4) is 0 Å². The van der Waals surface area contributed by atoms with Gasteiger partial charge in [0.15, 0.2) is 0 Å². The van der Waals surface area contributed by atoms with Gasteiger partial charge in [0.25, 0.3) is 0 Å². The molecule has 0 saturated carbocycles. The van der Waals surface area contributed by atoms with Crippen LogP contribution in [0.1, 0.15) is 503 Å². The minimum atomic E-state index is 0.429. The summed E-state index contributed by atoms with van der Waals surface area (Å²) in [5.74, 6) is 1.51. The van der Waals surface area contributed by atoms with E-state index in [1.54, 1.807) is 0 Å². The van der Waals surface area contributed by atoms with Gasteiger partial charge in [0.05, 0.1) is 0 Å². The van der Waals surface area contributed by atoms with Crippen molar-refractivity contribution in [3.63, 3.8) is 0 Å². The summed E-state index contributed by atoms with van der Waals surface area (Å²) in [4.78, 5) is 0. The third-order valence-corrected chi connectivity index (χ3v) is 20.3. The molecule has 0 heterocycles. The molecule has 0 saturated heterocycles. The second kappa shape index (κ2) is 75.2. The summed E-state index contributed by atoms with van der Waals surface area (Å²) in [5, 5.41) is 0. The van der Waals surface area contributed by atoms with Crippen LogP contribution in [0.15, 0.2) is 0 Å². The number of hydrogen-bond acceptors (Lipinski definition) is 1. The molecule has 2 N–H and O–H groups in total. The minimum Gasteiger partial charge on any atom is -0.327 e. The highest BCUT2D eigenvalue weighted by molar-refractivity contribution is 4.81. The summed E-state index contributed by atoms with van der Waals surface area (Å²) in [6.45, 7) is 9.31. The maximum atomic E-state index is 7.66. The van der Waals surface area contributed by atoms with E-state index in [1.807, 2.05) is 0 Å². The molecule has 2 unspecified atom stereocenters. The number of hydrogen-bond donors (Lipinski definition) is 1. The molecule has 0 spiro atoms. The molecule has 0 radical (unpaired) electrons. The number of unbranched alkanes of at least 4 members (excludes halogenated alkanes) is 66. The second-order valence-electron chi connectivity index (χ2n) is 28.6. The fraction of sp³-hybridized carbons (Fsp3) is 1.00. The van der Waals surface area contributed by atoms with Crippen molar-refractivity contribution in [2.45, 2.75) is 509 Å². The van der Waals surface area contributed by atoms with E-state index in [-0.39, 0.29) is 0 Å². The molecule has 0 amide bonds. The Bertz CT molecular complexity index is 984. The van der Waals surface area contributed by atoms with E-state index in [4.69, 9.17) is 5.73 Å². The Labute approximate surface area is 523 Å². The summed E-state index contributed by atoms with van der Waals surface area (Å²) in [6.07, 6.45) is 108. The zero-order valence-corrected chi connectivity index (χ0v) is 58.6. The Kier molecular flexibility index (Phi) is 75.2. The summed E-state index contributed by atoms with van der Waals surface area (Å²) < 4.78 is 0. The summed E-state index contributed by atoms with van der Waals surface area (Å²) in [5.41, 5.74) is 7.66. The first-order valence-electron chi connectivity index (χ1n) is 40.5. The molecule has 0 aromatic heterocycles. The van der Waals surface area contributed by atoms with Crippen molar-refractivity contribution in [3.8, 4) is 0 Å². The fourth-order valence-electron chi connectivity index (χ4n) is 14.3. The minimum absolute atomic E-state index is 0.429. The van der Waals surface area contributed by atoms with Crippen molar-refractivity contribution in [3.05, 3.63) is 0 Å². The van der Waals surface area contributed by atoms with Crippen molar-refractivity contribution in [2.24, 2.45) is 17.6 Å². The summed E-state index contributed by atoms with van der Waals surface area (Å²) in [6, 6.07) is 0.429. The third kappa shape index (κ3) is 67.5. The van der Waals surface area contributed by atoms with Gasteiger partial charge in [-0.2, -0.15) is 0 Å². The predicted octanol–water partition coefficient (Wildman–Crippen LogP) is 30.5. The van der Waals surface area contributed by atoms with Crippen LogP contribution in [0.5, 0.6) is 0 Å². The Morgan fingerprint density at radius 2 is 0.220 bits per heavy atom. The Hall–Kier alpha value is -0.0400. The van der Waals surface area contributed by atoms with E-state index in [2.05, 4.69) is 27.7 Å². The largest absolute Gasteiger partial charge is 0.327 e. The van der Waals surface area contributed by atoms with Crippen LogP contribution in [-0.2, 0) is 0 Å². The highest BCUT2D eigenvalue weighted by Gasteiger charge is 2.25. The summed E-state index contributed by atoms with van der Waals surface area (Å²) in [7, 11) is 0. The van der Waals surface area contributed by atoms with Gasteiger partial charge in [-0.1, -0.05) is 477 Å². The van der Waals surface area contributed by atoms with Gasteiger partial charge >= 0.3 is 0 Å². The lowest BCUT2D eigenvalue weighted by atomic mass is 9.78. The van der Waals surface area contributed by atoms with E-state index in [1.165, 1.54) is 475 Å². The smallest absolute Gasteiger partial charge is 0.00956 e. The van der Waals surface area contributed by atoms with Gasteiger partial charge in [0, 0.05) is 6.04 Å². The van der Waals surface area contributed by atoms with Crippen molar-refractivity contribution >= 4 is 0 Å². The molecule has 0 aliphatic carbocycles. The van der Waals surface area contributed by atoms with E-state index < -0.39 is 0 Å². The number of nitrogens with two attached hydrogens (primary N) is 1. The van der Waals surface area contributed by atoms with Gasteiger partial charge in [-0.05, 0) is 37.5 Å². The third-order valence-electron chi connectivity index (χ3n) is 20.3. The first-order valence-corrected chi connectivity index (χ1v) is 40.5. The highest BCUT2D eigenvalue weighted by Crippen LogP contribution is 2.31. The van der Waals surface area contributed by atoms with Gasteiger partial charge in [-0.15, -0.1) is 0 Å². The van der Waals surface area contributed by atoms with E-state index in [0.717, 1.165) is 11.8 Å². The first-order chi connectivity index (χ1) is 40.7. The molecular formula is C81H165N. The zero-order chi connectivity index (χ0) is 59.1. The van der Waals surface area contributed by atoms with Gasteiger partial charge in [0.1, 0.15) is 0 Å². The predicted molar refractivity (Wildman–Crippen MR) is 379 cm³/mol. The van der Waals surface area contributed by atoms with Crippen LogP contribution in [0, 0.1) is 11.8 Å². The Morgan fingerprint density at radius 1 is 0.134 bits per heavy atom. The standard InChI is InChI=1S/C81H165N/c1-5-9-13-17-21-25-29-33-37-41-45-49-53-57-61-65-69-73-77-79(75-71-67-63-59-55-51-47-43-39-35-31-27-23-19-15-11-7-3)81(82)80(76-72-68-64-60-56-52-48-44-40-36-32-28-24-20-16-12-8-4)78-74-70-66-62-58-54-50-46-42-38-34-30-26-22-18-14-10-6-2/h79-81H,5-78,82H2,1-4H3. The lowest BCUT2D eigenvalue weighted by Gasteiger charge is -2.32. The molecule has 0 aromatic carbocycles. The number of rotatable bonds is 76. The molecule has 0 bridgehead atoms. The SMILES string of the molecule is CCCCCCCCCCCCCCCCCCCCC(CCCCCCCCCCCCCCCCCCC)C(N)C(CCCCCCCCCCCCCCCCCCC)CCCCCCCCCCCCCCCCCCCC. The van der Waals surface area contributed by atoms with Gasteiger partial charge in [-0.3, -0.25) is 0 Å².